The van der Waals surface area contributed by atoms with Gasteiger partial charge in [-0.1, -0.05) is 18.2 Å². The Morgan fingerprint density at radius 3 is 2.54 bits per heavy atom. The highest BCUT2D eigenvalue weighted by Crippen LogP contribution is 2.31. The molecule has 3 aromatic rings. The smallest absolute Gasteiger partial charge is 0.243 e. The number of aromatic nitrogens is 1. The van der Waals surface area contributed by atoms with Gasteiger partial charge in [-0.15, -0.1) is 0 Å². The first-order valence-corrected chi connectivity index (χ1v) is 11.4. The lowest BCUT2D eigenvalue weighted by atomic mass is 10.1. The molecule has 0 unspecified atom stereocenters. The molecule has 2 heterocycles. The summed E-state index contributed by atoms with van der Waals surface area (Å²) in [7, 11) is -3.53. The van der Waals surface area contributed by atoms with Crippen LogP contribution in [-0.4, -0.2) is 30.4 Å². The zero-order valence-electron chi connectivity index (χ0n) is 15.7. The zero-order valence-corrected chi connectivity index (χ0v) is 16.5. The summed E-state index contributed by atoms with van der Waals surface area (Å²) in [5, 5.41) is 1.11. The second-order valence-corrected chi connectivity index (χ2v) is 9.65. The molecule has 0 atom stereocenters. The van der Waals surface area contributed by atoms with Crippen molar-refractivity contribution in [2.45, 2.75) is 49.6 Å². The number of nitrogens with zero attached hydrogens (tertiary/aromatic N) is 1. The fourth-order valence-electron chi connectivity index (χ4n) is 4.38. The quantitative estimate of drug-likeness (QED) is 0.718. The summed E-state index contributed by atoms with van der Waals surface area (Å²) < 4.78 is 33.9. The van der Waals surface area contributed by atoms with Crippen molar-refractivity contribution < 1.29 is 13.2 Å². The van der Waals surface area contributed by atoms with Crippen molar-refractivity contribution in [1.29, 1.82) is 0 Å². The van der Waals surface area contributed by atoms with Crippen LogP contribution in [0.5, 0.6) is 5.75 Å². The van der Waals surface area contributed by atoms with Crippen LogP contribution in [0.4, 0.5) is 0 Å². The molecule has 5 nitrogen and oxygen atoms in total. The van der Waals surface area contributed by atoms with Gasteiger partial charge in [-0.3, -0.25) is 0 Å². The average Bonchev–Trinajstić information content (AvgIpc) is 3.35. The van der Waals surface area contributed by atoms with Crippen LogP contribution >= 0.6 is 0 Å². The summed E-state index contributed by atoms with van der Waals surface area (Å²) in [5.74, 6) is 0.753. The molecular weight excluding hydrogens is 372 g/mol. The molecule has 1 aromatic heterocycles. The number of aromatic amines is 1. The lowest BCUT2D eigenvalue weighted by Gasteiger charge is -2.26. The molecule has 0 spiro atoms. The monoisotopic (exact) mass is 396 g/mol. The molecule has 28 heavy (non-hydrogen) atoms. The molecule has 0 bridgehead atoms. The van der Waals surface area contributed by atoms with E-state index in [4.69, 9.17) is 4.74 Å². The van der Waals surface area contributed by atoms with Gasteiger partial charge >= 0.3 is 0 Å². The maximum Gasteiger partial charge on any atom is 0.243 e. The van der Waals surface area contributed by atoms with E-state index in [2.05, 4.69) is 11.1 Å². The van der Waals surface area contributed by atoms with Gasteiger partial charge in [0.25, 0.3) is 0 Å². The molecule has 6 heteroatoms. The van der Waals surface area contributed by atoms with Crippen molar-refractivity contribution in [3.8, 4) is 5.75 Å². The Hall–Kier alpha value is -2.31. The van der Waals surface area contributed by atoms with Gasteiger partial charge in [0.15, 0.2) is 0 Å². The summed E-state index contributed by atoms with van der Waals surface area (Å²) >= 11 is 0. The standard InChI is InChI=1S/C22H24N2O3S/c25-28(26,18-11-9-17(10-12-18)27-16-5-1-2-6-16)24-14-13-22-20(15-24)19-7-3-4-8-21(19)23-22/h3-4,7-12,16,23H,1-2,5-6,13-15H2. The zero-order chi connectivity index (χ0) is 19.1. The SMILES string of the molecule is O=S(=O)(c1ccc(OC2CCCC2)cc1)N1CCc2[nH]c3ccccc3c2C1. The number of H-pyrrole nitrogens is 1. The van der Waals surface area contributed by atoms with E-state index in [0.717, 1.165) is 40.8 Å². The van der Waals surface area contributed by atoms with E-state index < -0.39 is 10.0 Å². The van der Waals surface area contributed by atoms with Crippen molar-refractivity contribution in [1.82, 2.24) is 9.29 Å². The summed E-state index contributed by atoms with van der Waals surface area (Å²) in [6, 6.07) is 15.0. The fraction of sp³-hybridized carbons (Fsp3) is 0.364. The van der Waals surface area contributed by atoms with Gasteiger partial charge < -0.3 is 9.72 Å². The lowest BCUT2D eigenvalue weighted by molar-refractivity contribution is 0.210. The number of ether oxygens (including phenoxy) is 1. The first-order valence-electron chi connectivity index (χ1n) is 9.96. The molecule has 146 valence electrons. The third-order valence-corrected chi connectivity index (χ3v) is 7.77. The van der Waals surface area contributed by atoms with Gasteiger partial charge in [0.1, 0.15) is 5.75 Å². The summed E-state index contributed by atoms with van der Waals surface area (Å²) in [6.07, 6.45) is 5.56. The van der Waals surface area contributed by atoms with Gasteiger partial charge in [0, 0.05) is 36.1 Å². The van der Waals surface area contributed by atoms with Crippen LogP contribution in [0.15, 0.2) is 53.4 Å². The predicted octanol–water partition coefficient (Wildman–Crippen LogP) is 4.24. The molecule has 0 saturated heterocycles. The highest BCUT2D eigenvalue weighted by atomic mass is 32.2. The number of nitrogens with one attached hydrogen (secondary N) is 1. The molecule has 1 saturated carbocycles. The fourth-order valence-corrected chi connectivity index (χ4v) is 5.79. The van der Waals surface area contributed by atoms with Crippen LogP contribution < -0.4 is 4.74 Å². The van der Waals surface area contributed by atoms with Gasteiger partial charge in [0.2, 0.25) is 10.0 Å². The van der Waals surface area contributed by atoms with E-state index in [0.29, 0.717) is 24.4 Å². The van der Waals surface area contributed by atoms with Gasteiger partial charge in [-0.05, 0) is 61.6 Å². The highest BCUT2D eigenvalue weighted by molar-refractivity contribution is 7.89. The van der Waals surface area contributed by atoms with Gasteiger partial charge in [-0.25, -0.2) is 8.42 Å². The minimum Gasteiger partial charge on any atom is -0.490 e. The Morgan fingerprint density at radius 2 is 1.75 bits per heavy atom. The maximum absolute atomic E-state index is 13.2. The lowest BCUT2D eigenvalue weighted by Crippen LogP contribution is -2.35. The van der Waals surface area contributed by atoms with E-state index in [1.165, 1.54) is 12.8 Å². The molecule has 1 fully saturated rings. The maximum atomic E-state index is 13.2. The summed E-state index contributed by atoms with van der Waals surface area (Å²) in [4.78, 5) is 3.76. The third kappa shape index (κ3) is 3.10. The number of hydrogen-bond donors (Lipinski definition) is 1. The predicted molar refractivity (Wildman–Crippen MR) is 109 cm³/mol. The number of benzene rings is 2. The van der Waals surface area contributed by atoms with E-state index in [-0.39, 0.29) is 6.10 Å². The van der Waals surface area contributed by atoms with Crippen molar-refractivity contribution >= 4 is 20.9 Å². The molecule has 2 aromatic carbocycles. The Balaban J connectivity index is 1.38. The molecule has 5 rings (SSSR count). The number of fused-ring (bicyclic) bond motifs is 3. The molecule has 1 N–H and O–H groups in total. The molecule has 0 radical (unpaired) electrons. The van der Waals surface area contributed by atoms with Crippen LogP contribution in [0, 0.1) is 0 Å². The summed E-state index contributed by atoms with van der Waals surface area (Å²) in [6.45, 7) is 0.893. The summed E-state index contributed by atoms with van der Waals surface area (Å²) in [5.41, 5.74) is 3.31. The van der Waals surface area contributed by atoms with Gasteiger partial charge in [-0.2, -0.15) is 4.31 Å². The molecule has 1 aliphatic heterocycles. The normalized spacial score (nSPS) is 18.4. The van der Waals surface area contributed by atoms with Crippen molar-refractivity contribution in [2.24, 2.45) is 0 Å². The van der Waals surface area contributed by atoms with Crippen molar-refractivity contribution in [2.75, 3.05) is 6.54 Å². The molecule has 0 amide bonds. The first-order chi connectivity index (χ1) is 13.6. The number of para-hydroxylation sites is 1. The Morgan fingerprint density at radius 1 is 1.00 bits per heavy atom. The molecule has 1 aliphatic carbocycles. The van der Waals surface area contributed by atoms with E-state index in [1.807, 2.05) is 18.2 Å². The minimum atomic E-state index is -3.53. The van der Waals surface area contributed by atoms with Crippen LogP contribution in [-0.2, 0) is 23.0 Å². The second kappa shape index (κ2) is 6.94. The third-order valence-electron chi connectivity index (χ3n) is 5.91. The first kappa shape index (κ1) is 17.8. The van der Waals surface area contributed by atoms with Crippen LogP contribution in [0.1, 0.15) is 36.9 Å². The average molecular weight is 397 g/mol. The number of hydrogen-bond acceptors (Lipinski definition) is 3. The minimum absolute atomic E-state index is 0.268. The van der Waals surface area contributed by atoms with Gasteiger partial charge in [0.05, 0.1) is 11.0 Å². The van der Waals surface area contributed by atoms with E-state index in [9.17, 15) is 8.42 Å². The van der Waals surface area contributed by atoms with Crippen LogP contribution in [0.2, 0.25) is 0 Å². The van der Waals surface area contributed by atoms with E-state index in [1.54, 1.807) is 28.6 Å². The topological polar surface area (TPSA) is 62.4 Å². The molecule has 2 aliphatic rings. The second-order valence-electron chi connectivity index (χ2n) is 7.71. The van der Waals surface area contributed by atoms with E-state index >= 15 is 0 Å². The number of sulfonamides is 1. The Labute approximate surface area is 165 Å². The highest BCUT2D eigenvalue weighted by Gasteiger charge is 2.30. The number of rotatable bonds is 4. The largest absolute Gasteiger partial charge is 0.490 e. The van der Waals surface area contributed by atoms with Crippen molar-refractivity contribution in [3.05, 3.63) is 59.8 Å². The Bertz CT molecular complexity index is 1100. The van der Waals surface area contributed by atoms with Crippen LogP contribution in [0.3, 0.4) is 0 Å². The van der Waals surface area contributed by atoms with Crippen LogP contribution in [0.25, 0.3) is 10.9 Å². The van der Waals surface area contributed by atoms with Crippen molar-refractivity contribution in [3.63, 3.8) is 0 Å². The Kier molecular flexibility index (Phi) is 4.40. The molecular formula is C22H24N2O3S.